The fourth-order valence-corrected chi connectivity index (χ4v) is 2.66. The van der Waals surface area contributed by atoms with Crippen LogP contribution in [0.15, 0.2) is 47.4 Å². The van der Waals surface area contributed by atoms with Crippen molar-refractivity contribution in [1.82, 2.24) is 0 Å². The van der Waals surface area contributed by atoms with E-state index < -0.39 is 0 Å². The molecule has 0 bridgehead atoms. The van der Waals surface area contributed by atoms with Gasteiger partial charge in [-0.05, 0) is 55.0 Å². The van der Waals surface area contributed by atoms with E-state index in [4.69, 9.17) is 10.5 Å². The highest BCUT2D eigenvalue weighted by Gasteiger charge is 2.06. The summed E-state index contributed by atoms with van der Waals surface area (Å²) >= 11 is 1.50. The average Bonchev–Trinajstić information content (AvgIpc) is 2.47. The lowest BCUT2D eigenvalue weighted by Crippen LogP contribution is -2.13. The van der Waals surface area contributed by atoms with E-state index in [0.717, 1.165) is 27.6 Å². The number of carbonyl (C=O) groups excluding carboxylic acids is 1. The number of amides is 1. The monoisotopic (exact) mass is 302 g/mol. The number of carbonyl (C=O) groups is 1. The molecule has 0 fully saturated rings. The SMILES string of the molecule is COc1ccc(NC(=O)CSc2ccc(N)cc2C)cc1. The van der Waals surface area contributed by atoms with Crippen molar-refractivity contribution in [3.8, 4) is 5.75 Å². The van der Waals surface area contributed by atoms with E-state index in [9.17, 15) is 4.79 Å². The summed E-state index contributed by atoms with van der Waals surface area (Å²) in [4.78, 5) is 13.0. The smallest absolute Gasteiger partial charge is 0.234 e. The van der Waals surface area contributed by atoms with Crippen LogP contribution in [0.5, 0.6) is 5.75 Å². The summed E-state index contributed by atoms with van der Waals surface area (Å²) in [6.45, 7) is 1.99. The third-order valence-corrected chi connectivity index (χ3v) is 4.11. The lowest BCUT2D eigenvalue weighted by molar-refractivity contribution is -0.113. The summed E-state index contributed by atoms with van der Waals surface area (Å²) < 4.78 is 5.08. The maximum Gasteiger partial charge on any atom is 0.234 e. The number of hydrogen-bond acceptors (Lipinski definition) is 4. The van der Waals surface area contributed by atoms with Gasteiger partial charge in [-0.15, -0.1) is 11.8 Å². The molecule has 0 aliphatic rings. The first kappa shape index (κ1) is 15.3. The van der Waals surface area contributed by atoms with Crippen LogP contribution in [0.25, 0.3) is 0 Å². The van der Waals surface area contributed by atoms with Crippen LogP contribution in [0.4, 0.5) is 11.4 Å². The van der Waals surface area contributed by atoms with E-state index in [1.54, 1.807) is 7.11 Å². The highest BCUT2D eigenvalue weighted by Crippen LogP contribution is 2.24. The first-order valence-corrected chi connectivity index (χ1v) is 7.50. The van der Waals surface area contributed by atoms with Gasteiger partial charge in [-0.1, -0.05) is 0 Å². The molecular weight excluding hydrogens is 284 g/mol. The molecule has 21 heavy (non-hydrogen) atoms. The number of hydrogen-bond donors (Lipinski definition) is 2. The van der Waals surface area contributed by atoms with Crippen molar-refractivity contribution in [2.45, 2.75) is 11.8 Å². The van der Waals surface area contributed by atoms with Gasteiger partial charge in [-0.25, -0.2) is 0 Å². The number of anilines is 2. The van der Waals surface area contributed by atoms with Gasteiger partial charge in [0.15, 0.2) is 0 Å². The molecule has 2 aromatic carbocycles. The first-order valence-electron chi connectivity index (χ1n) is 6.51. The molecule has 2 rings (SSSR count). The van der Waals surface area contributed by atoms with E-state index in [-0.39, 0.29) is 5.91 Å². The molecule has 110 valence electrons. The Bertz CT molecular complexity index is 627. The van der Waals surface area contributed by atoms with Crippen molar-refractivity contribution < 1.29 is 9.53 Å². The Morgan fingerprint density at radius 2 is 1.95 bits per heavy atom. The molecule has 0 aliphatic heterocycles. The molecule has 0 spiro atoms. The second kappa shape index (κ2) is 7.04. The normalized spacial score (nSPS) is 10.2. The van der Waals surface area contributed by atoms with Gasteiger partial charge in [0, 0.05) is 16.3 Å². The topological polar surface area (TPSA) is 64.3 Å². The summed E-state index contributed by atoms with van der Waals surface area (Å²) in [5.74, 6) is 1.08. The zero-order valence-corrected chi connectivity index (χ0v) is 12.9. The Morgan fingerprint density at radius 3 is 2.57 bits per heavy atom. The number of methoxy groups -OCH3 is 1. The molecule has 3 N–H and O–H groups in total. The number of rotatable bonds is 5. The molecule has 0 radical (unpaired) electrons. The second-order valence-corrected chi connectivity index (χ2v) is 5.61. The Hall–Kier alpha value is -2.14. The highest BCUT2D eigenvalue weighted by molar-refractivity contribution is 8.00. The van der Waals surface area contributed by atoms with Crippen LogP contribution in [0, 0.1) is 6.92 Å². The summed E-state index contributed by atoms with van der Waals surface area (Å²) in [6.07, 6.45) is 0. The average molecular weight is 302 g/mol. The van der Waals surface area contributed by atoms with Crippen LogP contribution in [0.2, 0.25) is 0 Å². The van der Waals surface area contributed by atoms with E-state index in [0.29, 0.717) is 5.75 Å². The summed E-state index contributed by atoms with van der Waals surface area (Å²) in [6, 6.07) is 12.9. The van der Waals surface area contributed by atoms with Crippen LogP contribution in [0.1, 0.15) is 5.56 Å². The number of thioether (sulfide) groups is 1. The van der Waals surface area contributed by atoms with Crippen LogP contribution in [-0.2, 0) is 4.79 Å². The Balaban J connectivity index is 1.89. The lowest BCUT2D eigenvalue weighted by Gasteiger charge is -2.08. The maximum absolute atomic E-state index is 11.9. The molecular formula is C16H18N2O2S. The largest absolute Gasteiger partial charge is 0.497 e. The molecule has 0 aliphatic carbocycles. The predicted octanol–water partition coefficient (Wildman–Crippen LogP) is 3.32. The number of nitrogens with two attached hydrogens (primary N) is 1. The van der Waals surface area contributed by atoms with Crippen LogP contribution < -0.4 is 15.8 Å². The molecule has 0 atom stereocenters. The number of aryl methyl sites for hydroxylation is 1. The standard InChI is InChI=1S/C16H18N2O2S/c1-11-9-12(17)3-8-15(11)21-10-16(19)18-13-4-6-14(20-2)7-5-13/h3-9H,10,17H2,1-2H3,(H,18,19). The van der Waals surface area contributed by atoms with Crippen molar-refractivity contribution in [2.75, 3.05) is 23.9 Å². The van der Waals surface area contributed by atoms with Crippen LogP contribution >= 0.6 is 11.8 Å². The zero-order valence-electron chi connectivity index (χ0n) is 12.1. The van der Waals surface area contributed by atoms with Gasteiger partial charge in [0.1, 0.15) is 5.75 Å². The van der Waals surface area contributed by atoms with E-state index >= 15 is 0 Å². The third-order valence-electron chi connectivity index (χ3n) is 2.93. The van der Waals surface area contributed by atoms with Crippen molar-refractivity contribution in [2.24, 2.45) is 0 Å². The molecule has 0 aromatic heterocycles. The molecule has 4 nitrogen and oxygen atoms in total. The number of nitrogens with one attached hydrogen (secondary N) is 1. The van der Waals surface area contributed by atoms with Gasteiger partial charge in [0.2, 0.25) is 5.91 Å². The minimum Gasteiger partial charge on any atom is -0.497 e. The van der Waals surface area contributed by atoms with Gasteiger partial charge >= 0.3 is 0 Å². The molecule has 0 unspecified atom stereocenters. The van der Waals surface area contributed by atoms with Crippen molar-refractivity contribution in [3.63, 3.8) is 0 Å². The second-order valence-electron chi connectivity index (χ2n) is 4.59. The Morgan fingerprint density at radius 1 is 1.24 bits per heavy atom. The van der Waals surface area contributed by atoms with Crippen LogP contribution in [0.3, 0.4) is 0 Å². The number of benzene rings is 2. The minimum absolute atomic E-state index is 0.0404. The van der Waals surface area contributed by atoms with E-state index in [1.165, 1.54) is 11.8 Å². The summed E-state index contributed by atoms with van der Waals surface area (Å²) in [7, 11) is 1.61. The van der Waals surface area contributed by atoms with Crippen molar-refractivity contribution in [1.29, 1.82) is 0 Å². The van der Waals surface area contributed by atoms with Crippen molar-refractivity contribution in [3.05, 3.63) is 48.0 Å². The molecule has 5 heteroatoms. The fraction of sp³-hybridized carbons (Fsp3) is 0.188. The maximum atomic E-state index is 11.9. The summed E-state index contributed by atoms with van der Waals surface area (Å²) in [5, 5.41) is 2.85. The van der Waals surface area contributed by atoms with Crippen molar-refractivity contribution >= 4 is 29.0 Å². The fourth-order valence-electron chi connectivity index (χ4n) is 1.85. The number of ether oxygens (including phenoxy) is 1. The van der Waals surface area contributed by atoms with Gasteiger partial charge in [-0.2, -0.15) is 0 Å². The van der Waals surface area contributed by atoms with Gasteiger partial charge in [0.25, 0.3) is 0 Å². The highest BCUT2D eigenvalue weighted by atomic mass is 32.2. The van der Waals surface area contributed by atoms with E-state index in [2.05, 4.69) is 5.32 Å². The Kier molecular flexibility index (Phi) is 5.11. The van der Waals surface area contributed by atoms with Gasteiger partial charge in [0.05, 0.1) is 12.9 Å². The number of nitrogen functional groups attached to an aromatic ring is 1. The first-order chi connectivity index (χ1) is 10.1. The van der Waals surface area contributed by atoms with Crippen LogP contribution in [-0.4, -0.2) is 18.8 Å². The van der Waals surface area contributed by atoms with Gasteiger partial charge in [-0.3, -0.25) is 4.79 Å². The van der Waals surface area contributed by atoms with Gasteiger partial charge < -0.3 is 15.8 Å². The third kappa shape index (κ3) is 4.43. The van der Waals surface area contributed by atoms with E-state index in [1.807, 2.05) is 49.4 Å². The zero-order chi connectivity index (χ0) is 15.2. The predicted molar refractivity (Wildman–Crippen MR) is 87.9 cm³/mol. The lowest BCUT2D eigenvalue weighted by atomic mass is 10.2. The summed E-state index contributed by atoms with van der Waals surface area (Å²) in [5.41, 5.74) is 8.29. The molecule has 1 amide bonds. The quantitative estimate of drug-likeness (QED) is 0.657. The molecule has 0 saturated heterocycles. The molecule has 2 aromatic rings. The molecule has 0 saturated carbocycles. The minimum atomic E-state index is -0.0404. The molecule has 0 heterocycles. The Labute approximate surface area is 128 Å².